The van der Waals surface area contributed by atoms with Crippen molar-refractivity contribution in [2.75, 3.05) is 4.90 Å². The minimum absolute atomic E-state index is 1.09. The number of anilines is 3. The lowest BCUT2D eigenvalue weighted by Crippen LogP contribution is -2.12. The maximum Gasteiger partial charge on any atom is 0.0640 e. The molecular formula is C54H36N2S. The van der Waals surface area contributed by atoms with E-state index in [9.17, 15) is 0 Å². The Hall–Kier alpha value is -7.20. The molecule has 0 saturated carbocycles. The molecule has 2 aromatic heterocycles. The molecule has 11 aromatic rings. The predicted octanol–water partition coefficient (Wildman–Crippen LogP) is 15.6. The zero-order valence-electron chi connectivity index (χ0n) is 31.1. The van der Waals surface area contributed by atoms with Gasteiger partial charge in [0, 0.05) is 59.1 Å². The van der Waals surface area contributed by atoms with Crippen LogP contribution in [0.25, 0.3) is 81.0 Å². The van der Waals surface area contributed by atoms with Gasteiger partial charge in [-0.1, -0.05) is 164 Å². The van der Waals surface area contributed by atoms with E-state index in [0.717, 1.165) is 28.3 Å². The lowest BCUT2D eigenvalue weighted by atomic mass is 9.96. The second-order valence-electron chi connectivity index (χ2n) is 14.5. The minimum Gasteiger partial charge on any atom is -0.309 e. The predicted molar refractivity (Wildman–Crippen MR) is 245 cm³/mol. The number of thiophene rings is 1. The topological polar surface area (TPSA) is 8.17 Å². The molecule has 0 aliphatic rings. The third kappa shape index (κ3) is 5.63. The summed E-state index contributed by atoms with van der Waals surface area (Å²) in [7, 11) is 0. The van der Waals surface area contributed by atoms with Gasteiger partial charge in [0.1, 0.15) is 0 Å². The van der Waals surface area contributed by atoms with Crippen molar-refractivity contribution < 1.29 is 0 Å². The van der Waals surface area contributed by atoms with Crippen molar-refractivity contribution in [1.82, 2.24) is 4.57 Å². The van der Waals surface area contributed by atoms with Crippen molar-refractivity contribution >= 4 is 70.4 Å². The number of benzene rings is 9. The second-order valence-corrected chi connectivity index (χ2v) is 15.5. The molecule has 57 heavy (non-hydrogen) atoms. The van der Waals surface area contributed by atoms with E-state index < -0.39 is 0 Å². The lowest BCUT2D eigenvalue weighted by molar-refractivity contribution is 1.18. The van der Waals surface area contributed by atoms with Gasteiger partial charge in [-0.2, -0.15) is 0 Å². The van der Waals surface area contributed by atoms with Crippen LogP contribution in [0.1, 0.15) is 0 Å². The molecule has 9 aromatic carbocycles. The van der Waals surface area contributed by atoms with Crippen molar-refractivity contribution in [3.05, 3.63) is 218 Å². The SMILES string of the molecule is c1ccc(-c2ccc(N(c3ccc(-c4ccccc4)cc3)c3c(-c4cccc5c4sc4ccccc45)ccc4c3c3ccccc3n4-c3ccccc3)cc2)cc1. The largest absolute Gasteiger partial charge is 0.309 e. The summed E-state index contributed by atoms with van der Waals surface area (Å²) in [4.78, 5) is 2.50. The molecule has 0 atom stereocenters. The molecule has 0 N–H and O–H groups in total. The smallest absolute Gasteiger partial charge is 0.0640 e. The molecule has 2 heterocycles. The normalized spacial score (nSPS) is 11.5. The lowest BCUT2D eigenvalue weighted by Gasteiger charge is -2.29. The molecule has 0 bridgehead atoms. The fourth-order valence-corrected chi connectivity index (χ4v) is 9.81. The molecule has 0 aliphatic carbocycles. The van der Waals surface area contributed by atoms with E-state index in [4.69, 9.17) is 0 Å². The first kappa shape index (κ1) is 33.2. The van der Waals surface area contributed by atoms with Crippen LogP contribution in [0.2, 0.25) is 0 Å². The number of fused-ring (bicyclic) bond motifs is 6. The number of nitrogens with zero attached hydrogens (tertiary/aromatic N) is 2. The summed E-state index contributed by atoms with van der Waals surface area (Å²) in [6, 6.07) is 79.4. The summed E-state index contributed by atoms with van der Waals surface area (Å²) in [5, 5.41) is 5.01. The Labute approximate surface area is 335 Å². The summed E-state index contributed by atoms with van der Waals surface area (Å²) in [6.07, 6.45) is 0. The Kier molecular flexibility index (Phi) is 8.04. The fraction of sp³-hybridized carbons (Fsp3) is 0. The minimum atomic E-state index is 1.09. The molecule has 3 heteroatoms. The van der Waals surface area contributed by atoms with E-state index in [0.29, 0.717) is 0 Å². The van der Waals surface area contributed by atoms with Crippen LogP contribution in [0.5, 0.6) is 0 Å². The highest BCUT2D eigenvalue weighted by Crippen LogP contribution is 2.51. The van der Waals surface area contributed by atoms with Crippen LogP contribution < -0.4 is 4.90 Å². The average Bonchev–Trinajstić information content (AvgIpc) is 3.84. The van der Waals surface area contributed by atoms with Crippen LogP contribution in [0.3, 0.4) is 0 Å². The number of aromatic nitrogens is 1. The van der Waals surface area contributed by atoms with Crippen LogP contribution in [0.15, 0.2) is 218 Å². The molecule has 0 aliphatic heterocycles. The summed E-state index contributed by atoms with van der Waals surface area (Å²) in [5.41, 5.74) is 14.0. The van der Waals surface area contributed by atoms with E-state index in [1.807, 2.05) is 11.3 Å². The van der Waals surface area contributed by atoms with Gasteiger partial charge in [0.05, 0.1) is 16.7 Å². The van der Waals surface area contributed by atoms with Crippen molar-refractivity contribution in [2.45, 2.75) is 0 Å². The first-order valence-corrected chi connectivity index (χ1v) is 20.3. The van der Waals surface area contributed by atoms with E-state index in [1.165, 1.54) is 69.8 Å². The van der Waals surface area contributed by atoms with Crippen molar-refractivity contribution in [3.63, 3.8) is 0 Å². The molecule has 268 valence electrons. The molecular weight excluding hydrogens is 709 g/mol. The maximum atomic E-state index is 2.50. The Bertz CT molecular complexity index is 3120. The standard InChI is InChI=1S/C54H36N2S/c1-4-15-37(16-5-1)39-27-31-42(32-28-39)55(43-33-29-40(30-34-43)38-17-6-2-7-18-38)53-45(47-24-14-23-46-44-21-11-13-26-51(44)57-54(46)47)35-36-50-52(53)48-22-10-12-25-49(48)56(50)41-19-8-3-9-20-41/h1-36H. The van der Waals surface area contributed by atoms with Gasteiger partial charge in [-0.3, -0.25) is 0 Å². The van der Waals surface area contributed by atoms with Gasteiger partial charge in [0.15, 0.2) is 0 Å². The molecule has 11 rings (SSSR count). The number of para-hydroxylation sites is 2. The number of hydrogen-bond donors (Lipinski definition) is 0. The Morgan fingerprint density at radius 3 is 1.53 bits per heavy atom. The van der Waals surface area contributed by atoms with Crippen LogP contribution in [-0.2, 0) is 0 Å². The van der Waals surface area contributed by atoms with Crippen molar-refractivity contribution in [2.24, 2.45) is 0 Å². The Balaban J connectivity index is 1.25. The molecule has 2 nitrogen and oxygen atoms in total. The van der Waals surface area contributed by atoms with E-state index in [-0.39, 0.29) is 0 Å². The molecule has 0 spiro atoms. The van der Waals surface area contributed by atoms with Crippen LogP contribution in [0, 0.1) is 0 Å². The maximum absolute atomic E-state index is 2.50. The molecule has 0 unspecified atom stereocenters. The second kappa shape index (κ2) is 13.8. The first-order chi connectivity index (χ1) is 28.3. The van der Waals surface area contributed by atoms with Gasteiger partial charge in [0.25, 0.3) is 0 Å². The fourth-order valence-electron chi connectivity index (χ4n) is 8.58. The van der Waals surface area contributed by atoms with Gasteiger partial charge in [0.2, 0.25) is 0 Å². The highest BCUT2D eigenvalue weighted by atomic mass is 32.1. The van der Waals surface area contributed by atoms with Crippen LogP contribution in [0.4, 0.5) is 17.1 Å². The van der Waals surface area contributed by atoms with Gasteiger partial charge in [-0.05, 0) is 76.9 Å². The van der Waals surface area contributed by atoms with Gasteiger partial charge in [-0.15, -0.1) is 11.3 Å². The highest BCUT2D eigenvalue weighted by Gasteiger charge is 2.26. The Morgan fingerprint density at radius 2 is 0.877 bits per heavy atom. The number of hydrogen-bond acceptors (Lipinski definition) is 2. The monoisotopic (exact) mass is 744 g/mol. The van der Waals surface area contributed by atoms with E-state index in [2.05, 4.69) is 228 Å². The molecule has 0 fully saturated rings. The summed E-state index contributed by atoms with van der Waals surface area (Å²) >= 11 is 1.88. The molecule has 0 saturated heterocycles. The molecule has 0 radical (unpaired) electrons. The van der Waals surface area contributed by atoms with Gasteiger partial charge < -0.3 is 9.47 Å². The average molecular weight is 745 g/mol. The van der Waals surface area contributed by atoms with Crippen LogP contribution in [-0.4, -0.2) is 4.57 Å². The number of rotatable bonds is 7. The summed E-state index contributed by atoms with van der Waals surface area (Å²) in [6.45, 7) is 0. The van der Waals surface area contributed by atoms with E-state index in [1.54, 1.807) is 0 Å². The Morgan fingerprint density at radius 1 is 0.351 bits per heavy atom. The van der Waals surface area contributed by atoms with Crippen LogP contribution >= 0.6 is 11.3 Å². The quantitative estimate of drug-likeness (QED) is 0.158. The molecule has 0 amide bonds. The van der Waals surface area contributed by atoms with Crippen molar-refractivity contribution in [1.29, 1.82) is 0 Å². The zero-order chi connectivity index (χ0) is 37.7. The summed E-state index contributed by atoms with van der Waals surface area (Å²) in [5.74, 6) is 0. The third-order valence-electron chi connectivity index (χ3n) is 11.2. The highest BCUT2D eigenvalue weighted by molar-refractivity contribution is 7.26. The summed E-state index contributed by atoms with van der Waals surface area (Å²) < 4.78 is 5.02. The zero-order valence-corrected chi connectivity index (χ0v) is 31.9. The van der Waals surface area contributed by atoms with E-state index >= 15 is 0 Å². The first-order valence-electron chi connectivity index (χ1n) is 19.4. The van der Waals surface area contributed by atoms with Crippen molar-refractivity contribution in [3.8, 4) is 39.1 Å². The third-order valence-corrected chi connectivity index (χ3v) is 12.4. The van der Waals surface area contributed by atoms with Gasteiger partial charge >= 0.3 is 0 Å². The van der Waals surface area contributed by atoms with Gasteiger partial charge in [-0.25, -0.2) is 0 Å².